The Hall–Kier alpha value is -1.09. The van der Waals surface area contributed by atoms with E-state index in [2.05, 4.69) is 0 Å². The van der Waals surface area contributed by atoms with E-state index in [1.807, 2.05) is 0 Å². The Morgan fingerprint density at radius 2 is 2.14 bits per heavy atom. The molecule has 0 fully saturated rings. The van der Waals surface area contributed by atoms with Crippen molar-refractivity contribution in [1.82, 2.24) is 0 Å². The molecule has 0 aromatic heterocycles. The number of benzene rings is 1. The second kappa shape index (κ2) is 5.60. The molecule has 14 heavy (non-hydrogen) atoms. The van der Waals surface area contributed by atoms with Crippen LogP contribution in [0.3, 0.4) is 0 Å². The van der Waals surface area contributed by atoms with Gasteiger partial charge in [0.2, 0.25) is 0 Å². The molecule has 0 aliphatic rings. The molecule has 1 aromatic rings. The molecule has 0 aliphatic heterocycles. The van der Waals surface area contributed by atoms with Crippen molar-refractivity contribution in [1.29, 1.82) is 0 Å². The SMILES string of the molecule is COc1ccc(CCCCO)c(F)c1. The normalized spacial score (nSPS) is 10.2. The quantitative estimate of drug-likeness (QED) is 0.734. The zero-order chi connectivity index (χ0) is 10.4. The van der Waals surface area contributed by atoms with E-state index >= 15 is 0 Å². The molecule has 0 saturated heterocycles. The standard InChI is InChI=1S/C11H15FO2/c1-14-10-6-5-9(11(12)8-10)4-2-3-7-13/h5-6,8,13H,2-4,7H2,1H3. The Bertz CT molecular complexity index is 287. The first kappa shape index (κ1) is 11.0. The van der Waals surface area contributed by atoms with Crippen molar-refractivity contribution in [3.05, 3.63) is 29.6 Å². The minimum absolute atomic E-state index is 0.164. The molecule has 0 heterocycles. The van der Waals surface area contributed by atoms with Gasteiger partial charge in [0, 0.05) is 12.7 Å². The maximum atomic E-state index is 13.3. The smallest absolute Gasteiger partial charge is 0.130 e. The van der Waals surface area contributed by atoms with Gasteiger partial charge in [0.05, 0.1) is 7.11 Å². The van der Waals surface area contributed by atoms with Crippen molar-refractivity contribution in [3.8, 4) is 5.75 Å². The lowest BCUT2D eigenvalue weighted by atomic mass is 10.1. The fourth-order valence-electron chi connectivity index (χ4n) is 1.29. The molecule has 0 radical (unpaired) electrons. The van der Waals surface area contributed by atoms with Gasteiger partial charge in [-0.3, -0.25) is 0 Å². The van der Waals surface area contributed by atoms with Gasteiger partial charge in [-0.1, -0.05) is 6.07 Å². The zero-order valence-electron chi connectivity index (χ0n) is 8.29. The maximum absolute atomic E-state index is 13.3. The predicted molar refractivity (Wildman–Crippen MR) is 53.0 cm³/mol. The molecule has 0 saturated carbocycles. The number of rotatable bonds is 5. The van der Waals surface area contributed by atoms with Gasteiger partial charge in [0.1, 0.15) is 11.6 Å². The van der Waals surface area contributed by atoms with E-state index in [4.69, 9.17) is 9.84 Å². The molecule has 1 N–H and O–H groups in total. The highest BCUT2D eigenvalue weighted by Gasteiger charge is 2.03. The van der Waals surface area contributed by atoms with Crippen molar-refractivity contribution in [3.63, 3.8) is 0 Å². The lowest BCUT2D eigenvalue weighted by molar-refractivity contribution is 0.284. The number of halogens is 1. The molecule has 2 nitrogen and oxygen atoms in total. The summed E-state index contributed by atoms with van der Waals surface area (Å²) in [6, 6.07) is 4.86. The molecular formula is C11H15FO2. The average molecular weight is 198 g/mol. The Labute approximate surface area is 83.3 Å². The number of aliphatic hydroxyl groups is 1. The Morgan fingerprint density at radius 3 is 2.71 bits per heavy atom. The average Bonchev–Trinajstić information content (AvgIpc) is 2.20. The molecule has 1 aromatic carbocycles. The van der Waals surface area contributed by atoms with Gasteiger partial charge in [-0.05, 0) is 30.9 Å². The Morgan fingerprint density at radius 1 is 1.36 bits per heavy atom. The van der Waals surface area contributed by atoms with Crippen LogP contribution >= 0.6 is 0 Å². The van der Waals surface area contributed by atoms with Crippen molar-refractivity contribution >= 4 is 0 Å². The summed E-state index contributed by atoms with van der Waals surface area (Å²) in [4.78, 5) is 0. The summed E-state index contributed by atoms with van der Waals surface area (Å²) in [7, 11) is 1.51. The Balaban J connectivity index is 2.59. The van der Waals surface area contributed by atoms with Gasteiger partial charge in [-0.15, -0.1) is 0 Å². The summed E-state index contributed by atoms with van der Waals surface area (Å²) >= 11 is 0. The van der Waals surface area contributed by atoms with Gasteiger partial charge < -0.3 is 9.84 Å². The monoisotopic (exact) mass is 198 g/mol. The van der Waals surface area contributed by atoms with Gasteiger partial charge in [-0.2, -0.15) is 0 Å². The minimum atomic E-state index is -0.234. The first-order chi connectivity index (χ1) is 6.77. The molecule has 0 atom stereocenters. The van der Waals surface area contributed by atoms with E-state index in [0.717, 1.165) is 6.42 Å². The fraction of sp³-hybridized carbons (Fsp3) is 0.455. The van der Waals surface area contributed by atoms with Crippen LogP contribution in [0.25, 0.3) is 0 Å². The number of unbranched alkanes of at least 4 members (excludes halogenated alkanes) is 1. The van der Waals surface area contributed by atoms with Crippen LogP contribution in [-0.2, 0) is 6.42 Å². The molecule has 0 unspecified atom stereocenters. The Kier molecular flexibility index (Phi) is 4.40. The van der Waals surface area contributed by atoms with E-state index in [1.165, 1.54) is 13.2 Å². The number of ether oxygens (including phenoxy) is 1. The van der Waals surface area contributed by atoms with Crippen LogP contribution in [0, 0.1) is 5.82 Å². The molecule has 0 spiro atoms. The third-order valence-electron chi connectivity index (χ3n) is 2.11. The summed E-state index contributed by atoms with van der Waals surface area (Å²) in [6.07, 6.45) is 2.18. The zero-order valence-corrected chi connectivity index (χ0v) is 8.29. The number of aliphatic hydroxyl groups excluding tert-OH is 1. The number of hydrogen-bond donors (Lipinski definition) is 1. The molecule has 1 rings (SSSR count). The number of aryl methyl sites for hydroxylation is 1. The summed E-state index contributed by atoms with van der Waals surface area (Å²) in [5.41, 5.74) is 0.680. The molecule has 0 bridgehead atoms. The lowest BCUT2D eigenvalue weighted by Crippen LogP contribution is -1.93. The molecular weight excluding hydrogens is 183 g/mol. The fourth-order valence-corrected chi connectivity index (χ4v) is 1.29. The molecule has 78 valence electrons. The summed E-state index contributed by atoms with van der Waals surface area (Å²) in [5, 5.41) is 8.58. The second-order valence-electron chi connectivity index (χ2n) is 3.14. The van der Waals surface area contributed by atoms with Gasteiger partial charge in [0.25, 0.3) is 0 Å². The summed E-state index contributed by atoms with van der Waals surface area (Å²) in [6.45, 7) is 0.164. The van der Waals surface area contributed by atoms with E-state index in [9.17, 15) is 4.39 Å². The van der Waals surface area contributed by atoms with Crippen LogP contribution in [0.1, 0.15) is 18.4 Å². The van der Waals surface area contributed by atoms with Crippen molar-refractivity contribution in [2.75, 3.05) is 13.7 Å². The minimum Gasteiger partial charge on any atom is -0.497 e. The number of methoxy groups -OCH3 is 1. The van der Waals surface area contributed by atoms with Crippen molar-refractivity contribution in [2.24, 2.45) is 0 Å². The van der Waals surface area contributed by atoms with Crippen LogP contribution in [0.15, 0.2) is 18.2 Å². The van der Waals surface area contributed by atoms with Gasteiger partial charge in [-0.25, -0.2) is 4.39 Å². The molecule has 0 amide bonds. The van der Waals surface area contributed by atoms with Crippen molar-refractivity contribution in [2.45, 2.75) is 19.3 Å². The third kappa shape index (κ3) is 3.00. The van der Waals surface area contributed by atoms with Crippen LogP contribution < -0.4 is 4.74 Å². The van der Waals surface area contributed by atoms with Crippen LogP contribution in [-0.4, -0.2) is 18.8 Å². The highest BCUT2D eigenvalue weighted by molar-refractivity contribution is 5.28. The largest absolute Gasteiger partial charge is 0.497 e. The summed E-state index contributed by atoms with van der Waals surface area (Å²) < 4.78 is 18.2. The van der Waals surface area contributed by atoms with E-state index in [0.29, 0.717) is 24.2 Å². The first-order valence-electron chi connectivity index (χ1n) is 4.71. The second-order valence-corrected chi connectivity index (χ2v) is 3.14. The van der Waals surface area contributed by atoms with Crippen molar-refractivity contribution < 1.29 is 14.2 Å². The van der Waals surface area contributed by atoms with Gasteiger partial charge in [0.15, 0.2) is 0 Å². The van der Waals surface area contributed by atoms with E-state index in [-0.39, 0.29) is 12.4 Å². The number of hydrogen-bond acceptors (Lipinski definition) is 2. The van der Waals surface area contributed by atoms with E-state index < -0.39 is 0 Å². The first-order valence-corrected chi connectivity index (χ1v) is 4.71. The van der Waals surface area contributed by atoms with Gasteiger partial charge >= 0.3 is 0 Å². The lowest BCUT2D eigenvalue weighted by Gasteiger charge is -2.04. The third-order valence-corrected chi connectivity index (χ3v) is 2.11. The van der Waals surface area contributed by atoms with E-state index in [1.54, 1.807) is 12.1 Å². The highest BCUT2D eigenvalue weighted by Crippen LogP contribution is 2.17. The molecule has 3 heteroatoms. The predicted octanol–water partition coefficient (Wildman–Crippen LogP) is 2.15. The van der Waals surface area contributed by atoms with Crippen LogP contribution in [0.5, 0.6) is 5.75 Å². The maximum Gasteiger partial charge on any atom is 0.130 e. The molecule has 0 aliphatic carbocycles. The topological polar surface area (TPSA) is 29.5 Å². The van der Waals surface area contributed by atoms with Crippen LogP contribution in [0.4, 0.5) is 4.39 Å². The van der Waals surface area contributed by atoms with Crippen LogP contribution in [0.2, 0.25) is 0 Å². The summed E-state index contributed by atoms with van der Waals surface area (Å²) in [5.74, 6) is 0.302. The highest BCUT2D eigenvalue weighted by atomic mass is 19.1.